The lowest BCUT2D eigenvalue weighted by atomic mass is 9.97. The van der Waals surface area contributed by atoms with Gasteiger partial charge in [-0.25, -0.2) is 5.43 Å². The van der Waals surface area contributed by atoms with E-state index in [0.29, 0.717) is 5.56 Å². The van der Waals surface area contributed by atoms with Gasteiger partial charge in [0.1, 0.15) is 0 Å². The number of rotatable bonds is 5. The van der Waals surface area contributed by atoms with Crippen molar-refractivity contribution in [3.63, 3.8) is 0 Å². The van der Waals surface area contributed by atoms with Gasteiger partial charge in [0.2, 0.25) is 0 Å². The van der Waals surface area contributed by atoms with Crippen molar-refractivity contribution in [2.24, 2.45) is 5.10 Å². The van der Waals surface area contributed by atoms with Gasteiger partial charge in [-0.1, -0.05) is 66.2 Å². The second-order valence-electron chi connectivity index (χ2n) is 7.08. The molecule has 0 aromatic heterocycles. The van der Waals surface area contributed by atoms with E-state index in [4.69, 9.17) is 0 Å². The first-order valence-corrected chi connectivity index (χ1v) is 9.69. The third-order valence-corrected chi connectivity index (χ3v) is 4.89. The van der Waals surface area contributed by atoms with Crippen molar-refractivity contribution < 1.29 is 9.59 Å². The number of hydrogen-bond donors (Lipinski definition) is 2. The van der Waals surface area contributed by atoms with Gasteiger partial charge in [-0.05, 0) is 46.7 Å². The first-order chi connectivity index (χ1) is 14.6. The molecule has 0 aliphatic rings. The predicted molar refractivity (Wildman–Crippen MR) is 121 cm³/mol. The number of carbonyl (C=O) groups is 2. The van der Waals surface area contributed by atoms with Crippen LogP contribution in [0.4, 0.5) is 0 Å². The maximum atomic E-state index is 12.2. The minimum atomic E-state index is -0.392. The lowest BCUT2D eigenvalue weighted by Gasteiger charge is -2.08. The van der Waals surface area contributed by atoms with Gasteiger partial charge in [-0.15, -0.1) is 0 Å². The first-order valence-electron chi connectivity index (χ1n) is 9.69. The average Bonchev–Trinajstić information content (AvgIpc) is 2.77. The van der Waals surface area contributed by atoms with E-state index >= 15 is 0 Å². The summed E-state index contributed by atoms with van der Waals surface area (Å²) < 4.78 is 0. The molecule has 0 bridgehead atoms. The maximum Gasteiger partial charge on any atom is 0.259 e. The molecule has 2 N–H and O–H groups in total. The smallest absolute Gasteiger partial charge is 0.259 e. The molecule has 5 nitrogen and oxygen atoms in total. The molecule has 0 fully saturated rings. The lowest BCUT2D eigenvalue weighted by molar-refractivity contribution is -0.120. The average molecular weight is 395 g/mol. The minimum Gasteiger partial charge on any atom is -0.343 e. The number of amides is 2. The molecule has 2 amide bonds. The Bertz CT molecular complexity index is 1220. The molecule has 30 heavy (non-hydrogen) atoms. The number of carbonyl (C=O) groups excluding carboxylic acids is 2. The van der Waals surface area contributed by atoms with Crippen molar-refractivity contribution >= 4 is 39.6 Å². The van der Waals surface area contributed by atoms with Crippen LogP contribution >= 0.6 is 0 Å². The Balaban J connectivity index is 1.47. The fraction of sp³-hybridized carbons (Fsp3) is 0.0800. The van der Waals surface area contributed by atoms with Crippen molar-refractivity contribution in [1.82, 2.24) is 10.7 Å². The van der Waals surface area contributed by atoms with Crippen molar-refractivity contribution in [2.45, 2.75) is 6.92 Å². The van der Waals surface area contributed by atoms with Crippen LogP contribution in [-0.2, 0) is 4.79 Å². The third kappa shape index (κ3) is 4.20. The van der Waals surface area contributed by atoms with E-state index in [-0.39, 0.29) is 12.5 Å². The Kier molecular flexibility index (Phi) is 5.52. The molecule has 4 rings (SSSR count). The monoisotopic (exact) mass is 395 g/mol. The summed E-state index contributed by atoms with van der Waals surface area (Å²) in [4.78, 5) is 24.3. The van der Waals surface area contributed by atoms with Gasteiger partial charge in [0.05, 0.1) is 12.8 Å². The molecule has 4 aromatic carbocycles. The molecule has 0 unspecified atom stereocenters. The molecule has 0 spiro atoms. The summed E-state index contributed by atoms with van der Waals surface area (Å²) in [6, 6.07) is 25.5. The highest BCUT2D eigenvalue weighted by atomic mass is 16.2. The predicted octanol–water partition coefficient (Wildman–Crippen LogP) is 4.18. The van der Waals surface area contributed by atoms with E-state index in [9.17, 15) is 9.59 Å². The Labute approximate surface area is 174 Å². The van der Waals surface area contributed by atoms with Crippen LogP contribution in [0, 0.1) is 6.92 Å². The largest absolute Gasteiger partial charge is 0.343 e. The van der Waals surface area contributed by atoms with Gasteiger partial charge in [0.25, 0.3) is 11.8 Å². The van der Waals surface area contributed by atoms with Crippen molar-refractivity contribution in [1.29, 1.82) is 0 Å². The summed E-state index contributed by atoms with van der Waals surface area (Å²) in [5, 5.41) is 11.1. The molecule has 0 heterocycles. The fourth-order valence-electron chi connectivity index (χ4n) is 3.45. The van der Waals surface area contributed by atoms with E-state index in [1.807, 2.05) is 55.5 Å². The number of hydrogen-bond acceptors (Lipinski definition) is 3. The van der Waals surface area contributed by atoms with E-state index in [2.05, 4.69) is 34.0 Å². The maximum absolute atomic E-state index is 12.2. The molecule has 0 aliphatic heterocycles. The van der Waals surface area contributed by atoms with Crippen molar-refractivity contribution in [2.75, 3.05) is 6.54 Å². The minimum absolute atomic E-state index is 0.152. The van der Waals surface area contributed by atoms with Crippen LogP contribution in [0.5, 0.6) is 0 Å². The molecule has 0 saturated carbocycles. The number of benzene rings is 4. The number of nitrogens with one attached hydrogen (secondary N) is 2. The van der Waals surface area contributed by atoms with Crippen molar-refractivity contribution in [3.8, 4) is 0 Å². The Morgan fingerprint density at radius 3 is 2.20 bits per heavy atom. The highest BCUT2D eigenvalue weighted by molar-refractivity contribution is 6.13. The molecule has 0 saturated heterocycles. The van der Waals surface area contributed by atoms with Gasteiger partial charge < -0.3 is 5.32 Å². The Morgan fingerprint density at radius 2 is 1.53 bits per heavy atom. The van der Waals surface area contributed by atoms with Gasteiger partial charge >= 0.3 is 0 Å². The molecular formula is C25H21N3O2. The third-order valence-electron chi connectivity index (χ3n) is 4.89. The number of nitrogens with zero attached hydrogens (tertiary/aromatic N) is 1. The fourth-order valence-corrected chi connectivity index (χ4v) is 3.45. The zero-order valence-electron chi connectivity index (χ0n) is 16.6. The van der Waals surface area contributed by atoms with Gasteiger partial charge in [0.15, 0.2) is 0 Å². The summed E-state index contributed by atoms with van der Waals surface area (Å²) in [7, 11) is 0. The molecule has 0 aliphatic carbocycles. The summed E-state index contributed by atoms with van der Waals surface area (Å²) in [5.74, 6) is -0.685. The summed E-state index contributed by atoms with van der Waals surface area (Å²) in [6.45, 7) is 1.76. The Morgan fingerprint density at radius 1 is 0.867 bits per heavy atom. The number of aryl methyl sites for hydroxylation is 1. The first kappa shape index (κ1) is 19.3. The van der Waals surface area contributed by atoms with Crippen LogP contribution in [0.15, 0.2) is 84.0 Å². The van der Waals surface area contributed by atoms with Crippen LogP contribution in [0.2, 0.25) is 0 Å². The second-order valence-corrected chi connectivity index (χ2v) is 7.08. The van der Waals surface area contributed by atoms with E-state index in [1.54, 1.807) is 18.3 Å². The summed E-state index contributed by atoms with van der Waals surface area (Å²) >= 11 is 0. The van der Waals surface area contributed by atoms with E-state index < -0.39 is 5.91 Å². The van der Waals surface area contributed by atoms with Crippen LogP contribution < -0.4 is 10.7 Å². The second kappa shape index (κ2) is 8.57. The van der Waals surface area contributed by atoms with Gasteiger partial charge in [-0.2, -0.15) is 5.10 Å². The van der Waals surface area contributed by atoms with Crippen LogP contribution in [0.1, 0.15) is 21.5 Å². The van der Waals surface area contributed by atoms with Gasteiger partial charge in [0, 0.05) is 11.1 Å². The standard InChI is InChI=1S/C25H21N3O2/c1-17-7-6-10-20(13-17)25(30)26-16-24(29)28-27-15-23-21-11-4-2-8-18(21)14-19-9-3-5-12-22(19)23/h2-15H,16H2,1H3,(H,26,30)(H,28,29)/b27-15+. The topological polar surface area (TPSA) is 70.6 Å². The normalized spacial score (nSPS) is 11.1. The van der Waals surface area contributed by atoms with Crippen LogP contribution in [0.3, 0.4) is 0 Å². The molecular weight excluding hydrogens is 374 g/mol. The summed E-state index contributed by atoms with van der Waals surface area (Å²) in [6.07, 6.45) is 1.66. The van der Waals surface area contributed by atoms with E-state index in [1.165, 1.54) is 0 Å². The molecule has 148 valence electrons. The zero-order valence-corrected chi connectivity index (χ0v) is 16.6. The quantitative estimate of drug-likeness (QED) is 0.302. The van der Waals surface area contributed by atoms with Crippen molar-refractivity contribution in [3.05, 3.63) is 95.6 Å². The highest BCUT2D eigenvalue weighted by Crippen LogP contribution is 2.27. The molecule has 5 heteroatoms. The highest BCUT2D eigenvalue weighted by Gasteiger charge is 2.08. The number of fused-ring (bicyclic) bond motifs is 2. The van der Waals surface area contributed by atoms with Gasteiger partial charge in [-0.3, -0.25) is 9.59 Å². The van der Waals surface area contributed by atoms with E-state index in [0.717, 1.165) is 32.7 Å². The van der Waals surface area contributed by atoms with Crippen LogP contribution in [-0.4, -0.2) is 24.6 Å². The zero-order chi connectivity index (χ0) is 20.9. The molecule has 0 atom stereocenters. The summed E-state index contributed by atoms with van der Waals surface area (Å²) in [5.41, 5.74) is 4.94. The molecule has 0 radical (unpaired) electrons. The lowest BCUT2D eigenvalue weighted by Crippen LogP contribution is -2.34. The Hall–Kier alpha value is -3.99. The SMILES string of the molecule is Cc1cccc(C(=O)NCC(=O)N/N=C/c2c3ccccc3cc3ccccc23)c1. The van der Waals surface area contributed by atoms with Crippen LogP contribution in [0.25, 0.3) is 21.5 Å². The number of hydrazone groups is 1. The molecule has 4 aromatic rings.